The van der Waals surface area contributed by atoms with Crippen LogP contribution in [0.3, 0.4) is 0 Å². The van der Waals surface area contributed by atoms with E-state index in [1.165, 1.54) is 12.1 Å². The van der Waals surface area contributed by atoms with Crippen LogP contribution in [0.5, 0.6) is 5.75 Å². The van der Waals surface area contributed by atoms with E-state index < -0.39 is 38.5 Å². The van der Waals surface area contributed by atoms with Crippen molar-refractivity contribution >= 4 is 16.1 Å². The summed E-state index contributed by atoms with van der Waals surface area (Å²) in [4.78, 5) is 11.4. The first-order valence-corrected chi connectivity index (χ1v) is 8.29. The van der Waals surface area contributed by atoms with Crippen LogP contribution >= 0.6 is 0 Å². The van der Waals surface area contributed by atoms with E-state index in [4.69, 9.17) is 5.11 Å². The predicted molar refractivity (Wildman–Crippen MR) is 73.9 cm³/mol. The number of likely N-dealkylation sites (tertiary alicyclic amines) is 1. The van der Waals surface area contributed by atoms with Gasteiger partial charge in [-0.15, -0.1) is 13.2 Å². The van der Waals surface area contributed by atoms with Gasteiger partial charge in [-0.3, -0.25) is 0 Å². The highest BCUT2D eigenvalue weighted by Gasteiger charge is 2.57. The zero-order chi connectivity index (χ0) is 17.8. The maximum absolute atomic E-state index is 12.5. The molecule has 2 aliphatic heterocycles. The van der Waals surface area contributed by atoms with Crippen LogP contribution in [0.4, 0.5) is 18.0 Å². The fourth-order valence-electron chi connectivity index (χ4n) is 2.98. The van der Waals surface area contributed by atoms with Crippen LogP contribution in [0.15, 0.2) is 29.2 Å². The van der Waals surface area contributed by atoms with E-state index in [0.717, 1.165) is 21.3 Å². The van der Waals surface area contributed by atoms with Gasteiger partial charge >= 0.3 is 12.5 Å². The summed E-state index contributed by atoms with van der Waals surface area (Å²) in [5, 5.41) is 8.80. The highest BCUT2D eigenvalue weighted by atomic mass is 32.2. The summed E-state index contributed by atoms with van der Waals surface area (Å²) in [7, 11) is -4.15. The largest absolute Gasteiger partial charge is 0.573 e. The zero-order valence-electron chi connectivity index (χ0n) is 12.2. The number of carbonyl (C=O) groups is 1. The molecule has 1 spiro atoms. The molecule has 0 aromatic heterocycles. The maximum atomic E-state index is 12.5. The van der Waals surface area contributed by atoms with Crippen molar-refractivity contribution in [2.45, 2.75) is 11.3 Å². The molecule has 1 aromatic rings. The molecule has 0 saturated carbocycles. The van der Waals surface area contributed by atoms with E-state index in [0.29, 0.717) is 0 Å². The van der Waals surface area contributed by atoms with E-state index in [9.17, 15) is 26.4 Å². The number of amides is 1. The SMILES string of the molecule is O=C(O)N1CC2(C1)CN(S(=O)(=O)c1ccccc1OC(F)(F)F)C2. The standard InChI is InChI=1S/C13H13F3N2O5S/c14-13(15,16)23-9-3-1-2-4-10(9)24(21,22)18-7-12(8-18)5-17(6-12)11(19)20/h1-4H,5-8H2,(H,19,20). The van der Waals surface area contributed by atoms with Crippen molar-refractivity contribution in [3.05, 3.63) is 24.3 Å². The number of nitrogens with zero attached hydrogens (tertiary/aromatic N) is 2. The number of hydrogen-bond donors (Lipinski definition) is 1. The number of alkyl halides is 3. The van der Waals surface area contributed by atoms with Crippen molar-refractivity contribution in [3.8, 4) is 5.75 Å². The second-order valence-corrected chi connectivity index (χ2v) is 7.81. The Hall–Kier alpha value is -2.01. The first-order chi connectivity index (χ1) is 11.0. The lowest BCUT2D eigenvalue weighted by atomic mass is 9.75. The summed E-state index contributed by atoms with van der Waals surface area (Å²) in [5.41, 5.74) is -0.439. The molecule has 3 rings (SSSR count). The molecule has 2 saturated heterocycles. The third kappa shape index (κ3) is 2.88. The van der Waals surface area contributed by atoms with E-state index >= 15 is 0 Å². The van der Waals surface area contributed by atoms with Crippen LogP contribution in [0, 0.1) is 5.41 Å². The van der Waals surface area contributed by atoms with Crippen molar-refractivity contribution in [1.82, 2.24) is 9.21 Å². The summed E-state index contributed by atoms with van der Waals surface area (Å²) in [6.45, 7) is 0.572. The minimum Gasteiger partial charge on any atom is -0.465 e. The van der Waals surface area contributed by atoms with Gasteiger partial charge in [-0.2, -0.15) is 4.31 Å². The molecule has 1 amide bonds. The molecule has 24 heavy (non-hydrogen) atoms. The Morgan fingerprint density at radius 2 is 1.75 bits per heavy atom. The van der Waals surface area contributed by atoms with Crippen molar-refractivity contribution in [2.24, 2.45) is 5.41 Å². The molecule has 1 N–H and O–H groups in total. The van der Waals surface area contributed by atoms with Crippen LogP contribution in [-0.2, 0) is 10.0 Å². The lowest BCUT2D eigenvalue weighted by molar-refractivity contribution is -0.275. The fourth-order valence-corrected chi connectivity index (χ4v) is 4.76. The van der Waals surface area contributed by atoms with E-state index in [-0.39, 0.29) is 26.2 Å². The monoisotopic (exact) mass is 366 g/mol. The Morgan fingerprint density at radius 3 is 2.29 bits per heavy atom. The average molecular weight is 366 g/mol. The maximum Gasteiger partial charge on any atom is 0.573 e. The summed E-state index contributed by atoms with van der Waals surface area (Å²) < 4.78 is 67.1. The number of ether oxygens (including phenoxy) is 1. The van der Waals surface area contributed by atoms with Gasteiger partial charge in [-0.05, 0) is 12.1 Å². The number of hydrogen-bond acceptors (Lipinski definition) is 4. The molecule has 132 valence electrons. The van der Waals surface area contributed by atoms with Crippen molar-refractivity contribution in [1.29, 1.82) is 0 Å². The number of benzene rings is 1. The fraction of sp³-hybridized carbons (Fsp3) is 0.462. The summed E-state index contributed by atoms with van der Waals surface area (Å²) in [6, 6.07) is 4.53. The number of carboxylic acid groups (broad SMARTS) is 1. The van der Waals surface area contributed by atoms with Crippen LogP contribution in [0.2, 0.25) is 0 Å². The lowest BCUT2D eigenvalue weighted by Gasteiger charge is -2.58. The van der Waals surface area contributed by atoms with Crippen molar-refractivity contribution in [2.75, 3.05) is 26.2 Å². The Bertz CT molecular complexity index is 766. The molecule has 7 nitrogen and oxygen atoms in total. The van der Waals surface area contributed by atoms with Gasteiger partial charge in [0.25, 0.3) is 0 Å². The Labute approximate surface area is 135 Å². The second-order valence-electron chi connectivity index (χ2n) is 5.91. The molecule has 1 aromatic carbocycles. The minimum absolute atomic E-state index is 0.0689. The number of rotatable bonds is 3. The van der Waals surface area contributed by atoms with Gasteiger partial charge in [0.15, 0.2) is 0 Å². The van der Waals surface area contributed by atoms with Gasteiger partial charge in [-0.25, -0.2) is 13.2 Å². The molecular formula is C13H13F3N2O5S. The van der Waals surface area contributed by atoms with Gasteiger partial charge < -0.3 is 14.7 Å². The topological polar surface area (TPSA) is 87.2 Å². The van der Waals surface area contributed by atoms with Crippen molar-refractivity contribution < 1.29 is 36.2 Å². The van der Waals surface area contributed by atoms with Gasteiger partial charge in [0.1, 0.15) is 10.6 Å². The molecule has 2 fully saturated rings. The highest BCUT2D eigenvalue weighted by Crippen LogP contribution is 2.43. The molecular weight excluding hydrogens is 353 g/mol. The quantitative estimate of drug-likeness (QED) is 0.878. The smallest absolute Gasteiger partial charge is 0.465 e. The number of sulfonamides is 1. The third-order valence-corrected chi connectivity index (χ3v) is 5.87. The molecule has 0 atom stereocenters. The molecule has 2 aliphatic rings. The molecule has 0 unspecified atom stereocenters. The Balaban J connectivity index is 1.75. The van der Waals surface area contributed by atoms with Gasteiger partial charge in [0.05, 0.1) is 0 Å². The first-order valence-electron chi connectivity index (χ1n) is 6.85. The van der Waals surface area contributed by atoms with E-state index in [1.54, 1.807) is 0 Å². The predicted octanol–water partition coefficient (Wildman–Crippen LogP) is 1.57. The molecule has 2 heterocycles. The number of para-hydroxylation sites is 1. The summed E-state index contributed by atoms with van der Waals surface area (Å²) in [6.07, 6.45) is -6.08. The Kier molecular flexibility index (Phi) is 3.68. The molecule has 0 aliphatic carbocycles. The first kappa shape index (κ1) is 16.8. The highest BCUT2D eigenvalue weighted by molar-refractivity contribution is 7.89. The number of halogens is 3. The average Bonchev–Trinajstić information content (AvgIpc) is 2.33. The van der Waals surface area contributed by atoms with Crippen LogP contribution in [0.25, 0.3) is 0 Å². The normalized spacial score (nSPS) is 20.4. The molecule has 0 radical (unpaired) electrons. The zero-order valence-corrected chi connectivity index (χ0v) is 13.0. The lowest BCUT2D eigenvalue weighted by Crippen LogP contribution is -2.73. The van der Waals surface area contributed by atoms with Crippen LogP contribution in [0.1, 0.15) is 0 Å². The molecule has 0 bridgehead atoms. The van der Waals surface area contributed by atoms with E-state index in [1.807, 2.05) is 0 Å². The summed E-state index contributed by atoms with van der Waals surface area (Å²) >= 11 is 0. The van der Waals surface area contributed by atoms with Crippen LogP contribution in [-0.4, -0.2) is 61.4 Å². The Morgan fingerprint density at radius 1 is 1.17 bits per heavy atom. The van der Waals surface area contributed by atoms with Crippen LogP contribution < -0.4 is 4.74 Å². The van der Waals surface area contributed by atoms with E-state index in [2.05, 4.69) is 4.74 Å². The van der Waals surface area contributed by atoms with Gasteiger partial charge in [0, 0.05) is 31.6 Å². The van der Waals surface area contributed by atoms with Gasteiger partial charge in [-0.1, -0.05) is 12.1 Å². The van der Waals surface area contributed by atoms with Gasteiger partial charge in [0.2, 0.25) is 10.0 Å². The van der Waals surface area contributed by atoms with Crippen molar-refractivity contribution in [3.63, 3.8) is 0 Å². The second kappa shape index (κ2) is 5.24. The third-order valence-electron chi connectivity index (χ3n) is 4.04. The molecule has 11 heteroatoms. The minimum atomic E-state index is -5.00. The summed E-state index contributed by atoms with van der Waals surface area (Å²) in [5.74, 6) is -0.785.